The van der Waals surface area contributed by atoms with E-state index in [9.17, 15) is 4.79 Å². The van der Waals surface area contributed by atoms with Crippen LogP contribution in [0.4, 0.5) is 5.69 Å². The molecular formula is C16H21N3O. The monoisotopic (exact) mass is 271 g/mol. The number of aryl methyl sites for hydroxylation is 3. The number of anilines is 1. The lowest BCUT2D eigenvalue weighted by molar-refractivity contribution is -0.118. The largest absolute Gasteiger partial charge is 0.323 e. The molecule has 0 aliphatic rings. The van der Waals surface area contributed by atoms with Crippen molar-refractivity contribution in [2.75, 3.05) is 5.32 Å². The van der Waals surface area contributed by atoms with Gasteiger partial charge >= 0.3 is 0 Å². The quantitative estimate of drug-likeness (QED) is 0.878. The summed E-state index contributed by atoms with van der Waals surface area (Å²) < 4.78 is 0. The molecule has 1 aromatic carbocycles. The molecule has 0 bridgehead atoms. The SMILES string of the molecule is Cc1[nH]nc(CCc2ccccc2)c1NC(=O)C(C)C. The number of hydrogen-bond donors (Lipinski definition) is 2. The Morgan fingerprint density at radius 2 is 1.95 bits per heavy atom. The highest BCUT2D eigenvalue weighted by Gasteiger charge is 2.15. The van der Waals surface area contributed by atoms with Gasteiger partial charge in [0.25, 0.3) is 0 Å². The highest BCUT2D eigenvalue weighted by Crippen LogP contribution is 2.20. The zero-order chi connectivity index (χ0) is 14.5. The van der Waals surface area contributed by atoms with Crippen molar-refractivity contribution in [3.63, 3.8) is 0 Å². The molecule has 2 rings (SSSR count). The summed E-state index contributed by atoms with van der Waals surface area (Å²) in [5.74, 6) is -0.0123. The summed E-state index contributed by atoms with van der Waals surface area (Å²) in [6.07, 6.45) is 1.72. The molecule has 0 saturated carbocycles. The Balaban J connectivity index is 2.07. The van der Waals surface area contributed by atoms with Gasteiger partial charge in [-0.25, -0.2) is 0 Å². The minimum atomic E-state index is -0.0359. The number of rotatable bonds is 5. The molecule has 0 unspecified atom stereocenters. The number of amides is 1. The van der Waals surface area contributed by atoms with E-state index < -0.39 is 0 Å². The third kappa shape index (κ3) is 3.47. The van der Waals surface area contributed by atoms with Crippen molar-refractivity contribution in [2.24, 2.45) is 5.92 Å². The predicted octanol–water partition coefficient (Wildman–Crippen LogP) is 3.10. The van der Waals surface area contributed by atoms with Crippen LogP contribution < -0.4 is 5.32 Å². The van der Waals surface area contributed by atoms with Crippen LogP contribution in [0.25, 0.3) is 0 Å². The van der Waals surface area contributed by atoms with Gasteiger partial charge in [-0.3, -0.25) is 9.89 Å². The maximum Gasteiger partial charge on any atom is 0.227 e. The maximum atomic E-state index is 11.8. The number of aromatic nitrogens is 2. The highest BCUT2D eigenvalue weighted by molar-refractivity contribution is 5.93. The fraction of sp³-hybridized carbons (Fsp3) is 0.375. The summed E-state index contributed by atoms with van der Waals surface area (Å²) in [4.78, 5) is 11.8. The molecule has 1 heterocycles. The summed E-state index contributed by atoms with van der Waals surface area (Å²) in [6.45, 7) is 5.69. The molecule has 1 amide bonds. The Morgan fingerprint density at radius 3 is 2.60 bits per heavy atom. The Labute approximate surface area is 119 Å². The number of aromatic amines is 1. The van der Waals surface area contributed by atoms with Crippen molar-refractivity contribution in [1.82, 2.24) is 10.2 Å². The number of carbonyl (C=O) groups is 1. The van der Waals surface area contributed by atoms with Crippen LogP contribution in [0.3, 0.4) is 0 Å². The minimum absolute atomic E-state index is 0.0236. The zero-order valence-electron chi connectivity index (χ0n) is 12.2. The molecule has 2 N–H and O–H groups in total. The van der Waals surface area contributed by atoms with Gasteiger partial charge in [-0.1, -0.05) is 44.2 Å². The Hall–Kier alpha value is -2.10. The first-order valence-electron chi connectivity index (χ1n) is 6.96. The number of nitrogens with one attached hydrogen (secondary N) is 2. The average Bonchev–Trinajstić information content (AvgIpc) is 2.78. The van der Waals surface area contributed by atoms with Gasteiger partial charge < -0.3 is 5.32 Å². The summed E-state index contributed by atoms with van der Waals surface area (Å²) in [5.41, 5.74) is 3.93. The van der Waals surface area contributed by atoms with E-state index >= 15 is 0 Å². The molecule has 0 spiro atoms. The normalized spacial score (nSPS) is 10.8. The van der Waals surface area contributed by atoms with Crippen molar-refractivity contribution in [2.45, 2.75) is 33.6 Å². The van der Waals surface area contributed by atoms with E-state index in [4.69, 9.17) is 0 Å². The number of carbonyl (C=O) groups excluding carboxylic acids is 1. The van der Waals surface area contributed by atoms with E-state index in [1.807, 2.05) is 39.0 Å². The van der Waals surface area contributed by atoms with Gasteiger partial charge in [0.1, 0.15) is 0 Å². The third-order valence-corrected chi connectivity index (χ3v) is 3.29. The van der Waals surface area contributed by atoms with E-state index in [-0.39, 0.29) is 11.8 Å². The van der Waals surface area contributed by atoms with Gasteiger partial charge in [0.2, 0.25) is 5.91 Å². The molecule has 0 aliphatic heterocycles. The molecule has 4 nitrogen and oxygen atoms in total. The topological polar surface area (TPSA) is 57.8 Å². The van der Waals surface area contributed by atoms with Crippen molar-refractivity contribution < 1.29 is 4.79 Å². The molecule has 0 atom stereocenters. The van der Waals surface area contributed by atoms with Crippen LogP contribution in [-0.4, -0.2) is 16.1 Å². The number of hydrogen-bond acceptors (Lipinski definition) is 2. The molecular weight excluding hydrogens is 250 g/mol. The first-order chi connectivity index (χ1) is 9.58. The van der Waals surface area contributed by atoms with E-state index in [2.05, 4.69) is 27.6 Å². The molecule has 0 aliphatic carbocycles. The molecule has 0 radical (unpaired) electrons. The van der Waals surface area contributed by atoms with Gasteiger partial charge in [-0.15, -0.1) is 0 Å². The Bertz CT molecular complexity index is 573. The van der Waals surface area contributed by atoms with Gasteiger partial charge in [-0.05, 0) is 25.3 Å². The van der Waals surface area contributed by atoms with Gasteiger partial charge in [0, 0.05) is 5.92 Å². The smallest absolute Gasteiger partial charge is 0.227 e. The molecule has 2 aromatic rings. The molecule has 20 heavy (non-hydrogen) atoms. The van der Waals surface area contributed by atoms with E-state index in [0.717, 1.165) is 29.9 Å². The zero-order valence-corrected chi connectivity index (χ0v) is 12.2. The Kier molecular flexibility index (Phi) is 4.56. The summed E-state index contributed by atoms with van der Waals surface area (Å²) in [5, 5.41) is 10.2. The second-order valence-electron chi connectivity index (χ2n) is 5.30. The second-order valence-corrected chi connectivity index (χ2v) is 5.30. The Morgan fingerprint density at radius 1 is 1.25 bits per heavy atom. The fourth-order valence-corrected chi connectivity index (χ4v) is 2.00. The van der Waals surface area contributed by atoms with Gasteiger partial charge in [-0.2, -0.15) is 5.10 Å². The average molecular weight is 271 g/mol. The standard InChI is InChI=1S/C16H21N3O/c1-11(2)16(20)17-15-12(3)18-19-14(15)10-9-13-7-5-4-6-8-13/h4-8,11H,9-10H2,1-3H3,(H,17,20)(H,18,19). The minimum Gasteiger partial charge on any atom is -0.323 e. The van der Waals surface area contributed by atoms with Gasteiger partial charge in [0.05, 0.1) is 17.1 Å². The van der Waals surface area contributed by atoms with E-state index in [0.29, 0.717) is 0 Å². The van der Waals surface area contributed by atoms with Crippen LogP contribution in [0.15, 0.2) is 30.3 Å². The molecule has 0 fully saturated rings. The number of H-pyrrole nitrogens is 1. The third-order valence-electron chi connectivity index (χ3n) is 3.29. The highest BCUT2D eigenvalue weighted by atomic mass is 16.1. The van der Waals surface area contributed by atoms with E-state index in [1.54, 1.807) is 0 Å². The first-order valence-corrected chi connectivity index (χ1v) is 6.96. The van der Waals surface area contributed by atoms with Crippen molar-refractivity contribution in [1.29, 1.82) is 0 Å². The van der Waals surface area contributed by atoms with Crippen LogP contribution >= 0.6 is 0 Å². The van der Waals surface area contributed by atoms with E-state index in [1.165, 1.54) is 5.56 Å². The van der Waals surface area contributed by atoms with Crippen LogP contribution in [0, 0.1) is 12.8 Å². The maximum absolute atomic E-state index is 11.8. The summed E-state index contributed by atoms with van der Waals surface area (Å²) >= 11 is 0. The van der Waals surface area contributed by atoms with Crippen LogP contribution in [-0.2, 0) is 17.6 Å². The molecule has 1 aromatic heterocycles. The van der Waals surface area contributed by atoms with Crippen molar-refractivity contribution in [3.8, 4) is 0 Å². The number of benzene rings is 1. The second kappa shape index (κ2) is 6.37. The fourth-order valence-electron chi connectivity index (χ4n) is 2.00. The number of nitrogens with zero attached hydrogens (tertiary/aromatic N) is 1. The van der Waals surface area contributed by atoms with Crippen molar-refractivity contribution >= 4 is 11.6 Å². The van der Waals surface area contributed by atoms with Gasteiger partial charge in [0.15, 0.2) is 0 Å². The van der Waals surface area contributed by atoms with Crippen LogP contribution in [0.2, 0.25) is 0 Å². The summed E-state index contributed by atoms with van der Waals surface area (Å²) in [6, 6.07) is 10.3. The molecule has 4 heteroatoms. The lowest BCUT2D eigenvalue weighted by Gasteiger charge is -2.09. The lowest BCUT2D eigenvalue weighted by Crippen LogP contribution is -2.19. The summed E-state index contributed by atoms with van der Waals surface area (Å²) in [7, 11) is 0. The lowest BCUT2D eigenvalue weighted by atomic mass is 10.1. The predicted molar refractivity (Wildman–Crippen MR) is 80.6 cm³/mol. The molecule has 106 valence electrons. The van der Waals surface area contributed by atoms with Crippen molar-refractivity contribution in [3.05, 3.63) is 47.3 Å². The van der Waals surface area contributed by atoms with Crippen LogP contribution in [0.5, 0.6) is 0 Å². The van der Waals surface area contributed by atoms with Crippen LogP contribution in [0.1, 0.15) is 30.8 Å². The first kappa shape index (κ1) is 14.3. The molecule has 0 saturated heterocycles.